The Morgan fingerprint density at radius 1 is 1.12 bits per heavy atom. The quantitative estimate of drug-likeness (QED) is 0.217. The summed E-state index contributed by atoms with van der Waals surface area (Å²) in [6.45, 7) is 1.43. The Hall–Kier alpha value is -3.22. The third-order valence-electron chi connectivity index (χ3n) is 8.16. The van der Waals surface area contributed by atoms with Crippen LogP contribution in [-0.4, -0.2) is 78.0 Å². The summed E-state index contributed by atoms with van der Waals surface area (Å²) in [5, 5.41) is 26.2. The van der Waals surface area contributed by atoms with Crippen LogP contribution in [0.1, 0.15) is 49.5 Å². The van der Waals surface area contributed by atoms with Crippen molar-refractivity contribution in [3.8, 4) is 0 Å². The maximum Gasteiger partial charge on any atom is 0.416 e. The number of imidazole rings is 1. The fraction of sp³-hybridized carbons (Fsp3) is 0.536. The van der Waals surface area contributed by atoms with Gasteiger partial charge in [-0.3, -0.25) is 0 Å². The molecule has 0 saturated heterocycles. The summed E-state index contributed by atoms with van der Waals surface area (Å²) >= 11 is 0. The Morgan fingerprint density at radius 2 is 1.95 bits per heavy atom. The van der Waals surface area contributed by atoms with Crippen LogP contribution in [0, 0.1) is 5.92 Å². The number of nitrogens with zero attached hydrogens (tertiary/aromatic N) is 5. The standard InChI is InChI=1S/C28H34F3N7O2/c1-37(10-3-2-4-23-35-20-8-5-17(28(29,30)31)13-21(20)36-23)14-16-12-22(25(40)24(16)39)38-11-9-19-26(34-18-6-7-18)32-15-33-27(19)38/h5,8-9,11,13,15-16,18,22,24-25,39-40H,2-4,6-7,10,12,14H2,1H3,(H,35,36)(H,32,33,34)/t16-,22-,24-,25+/m1/s1. The first kappa shape index (κ1) is 27.0. The maximum atomic E-state index is 13.0. The lowest BCUT2D eigenvalue weighted by atomic mass is 10.0. The first-order chi connectivity index (χ1) is 19.2. The molecule has 2 aliphatic carbocycles. The zero-order valence-electron chi connectivity index (χ0n) is 22.3. The lowest BCUT2D eigenvalue weighted by Crippen LogP contribution is -2.35. The molecule has 12 heteroatoms. The van der Waals surface area contributed by atoms with E-state index in [1.165, 1.54) is 12.4 Å². The van der Waals surface area contributed by atoms with Gasteiger partial charge < -0.3 is 30.0 Å². The summed E-state index contributed by atoms with van der Waals surface area (Å²) in [5.41, 5.74) is 0.985. The van der Waals surface area contributed by atoms with E-state index < -0.39 is 23.9 Å². The number of aliphatic hydroxyl groups is 2. The van der Waals surface area contributed by atoms with Gasteiger partial charge in [0.25, 0.3) is 0 Å². The molecule has 0 radical (unpaired) electrons. The number of anilines is 1. The number of unbranched alkanes of at least 4 members (excludes halogenated alkanes) is 1. The normalized spacial score (nSPS) is 23.6. The fourth-order valence-corrected chi connectivity index (χ4v) is 5.85. The zero-order chi connectivity index (χ0) is 28.0. The van der Waals surface area contributed by atoms with E-state index in [0.717, 1.165) is 61.2 Å². The van der Waals surface area contributed by atoms with E-state index in [-0.39, 0.29) is 12.0 Å². The van der Waals surface area contributed by atoms with Gasteiger partial charge in [-0.2, -0.15) is 13.2 Å². The molecule has 0 bridgehead atoms. The summed E-state index contributed by atoms with van der Waals surface area (Å²) < 4.78 is 40.9. The van der Waals surface area contributed by atoms with Gasteiger partial charge in [0.1, 0.15) is 29.7 Å². The van der Waals surface area contributed by atoms with Crippen LogP contribution in [0.5, 0.6) is 0 Å². The van der Waals surface area contributed by atoms with Crippen LogP contribution in [0.2, 0.25) is 0 Å². The van der Waals surface area contributed by atoms with E-state index in [2.05, 4.69) is 30.2 Å². The molecule has 1 aromatic carbocycles. The number of hydrogen-bond acceptors (Lipinski definition) is 7. The second kappa shape index (κ2) is 10.6. The molecule has 3 aromatic heterocycles. The van der Waals surface area contributed by atoms with Crippen molar-refractivity contribution in [3.05, 3.63) is 48.2 Å². The lowest BCUT2D eigenvalue weighted by molar-refractivity contribution is -0.137. The van der Waals surface area contributed by atoms with Gasteiger partial charge in [0.05, 0.1) is 34.1 Å². The number of rotatable bonds is 10. The smallest absolute Gasteiger partial charge is 0.390 e. The molecule has 214 valence electrons. The number of nitrogens with one attached hydrogen (secondary N) is 2. The number of hydrogen-bond donors (Lipinski definition) is 4. The molecule has 3 heterocycles. The van der Waals surface area contributed by atoms with Crippen molar-refractivity contribution in [2.24, 2.45) is 5.92 Å². The summed E-state index contributed by atoms with van der Waals surface area (Å²) in [5.74, 6) is 1.39. The Morgan fingerprint density at radius 3 is 2.73 bits per heavy atom. The van der Waals surface area contributed by atoms with Crippen molar-refractivity contribution in [2.45, 2.75) is 69.0 Å². The van der Waals surface area contributed by atoms with Gasteiger partial charge in [0.15, 0.2) is 0 Å². The number of H-pyrrole nitrogens is 1. The minimum absolute atomic E-state index is 0.0912. The van der Waals surface area contributed by atoms with Gasteiger partial charge in [0.2, 0.25) is 0 Å². The number of alkyl halides is 3. The molecule has 4 aromatic rings. The third-order valence-corrected chi connectivity index (χ3v) is 8.16. The molecule has 4 atom stereocenters. The molecule has 6 rings (SSSR count). The van der Waals surface area contributed by atoms with Crippen LogP contribution in [-0.2, 0) is 12.6 Å². The van der Waals surface area contributed by atoms with E-state index in [1.807, 2.05) is 23.9 Å². The van der Waals surface area contributed by atoms with Crippen molar-refractivity contribution in [2.75, 3.05) is 25.5 Å². The second-order valence-electron chi connectivity index (χ2n) is 11.3. The molecule has 0 amide bonds. The number of aromatic nitrogens is 5. The molecule has 2 aliphatic rings. The Labute approximate surface area is 229 Å². The van der Waals surface area contributed by atoms with Crippen LogP contribution in [0.4, 0.5) is 19.0 Å². The fourth-order valence-electron chi connectivity index (χ4n) is 5.85. The average molecular weight is 558 g/mol. The molecule has 4 N–H and O–H groups in total. The highest BCUT2D eigenvalue weighted by atomic mass is 19.4. The summed E-state index contributed by atoms with van der Waals surface area (Å²) in [6.07, 6.45) is 2.58. The topological polar surface area (TPSA) is 115 Å². The van der Waals surface area contributed by atoms with E-state index in [9.17, 15) is 23.4 Å². The van der Waals surface area contributed by atoms with Crippen molar-refractivity contribution >= 4 is 27.9 Å². The lowest BCUT2D eigenvalue weighted by Gasteiger charge is -2.23. The SMILES string of the molecule is CN(CCCCc1nc2ccc(C(F)(F)F)cc2[nH]1)C[C@H]1C[C@@H](n2ccc3c(NC4CC4)ncnc32)[C@H](O)[C@@H]1O. The molecule has 40 heavy (non-hydrogen) atoms. The molecular weight excluding hydrogens is 523 g/mol. The number of aromatic amines is 1. The first-order valence-corrected chi connectivity index (χ1v) is 13.9. The number of fused-ring (bicyclic) bond motifs is 2. The number of aryl methyl sites for hydroxylation is 1. The van der Waals surface area contributed by atoms with E-state index >= 15 is 0 Å². The van der Waals surface area contributed by atoms with Gasteiger partial charge in [0, 0.05) is 31.1 Å². The van der Waals surface area contributed by atoms with Crippen molar-refractivity contribution in [1.29, 1.82) is 0 Å². The maximum absolute atomic E-state index is 13.0. The van der Waals surface area contributed by atoms with Crippen LogP contribution >= 0.6 is 0 Å². The van der Waals surface area contributed by atoms with Gasteiger partial charge in [-0.15, -0.1) is 0 Å². The second-order valence-corrected chi connectivity index (χ2v) is 11.3. The summed E-state index contributed by atoms with van der Waals surface area (Å²) in [7, 11) is 2.00. The van der Waals surface area contributed by atoms with Crippen molar-refractivity contribution in [3.63, 3.8) is 0 Å². The largest absolute Gasteiger partial charge is 0.416 e. The summed E-state index contributed by atoms with van der Waals surface area (Å²) in [6, 6.07) is 5.70. The minimum Gasteiger partial charge on any atom is -0.390 e. The molecule has 0 unspecified atom stereocenters. The number of halogens is 3. The predicted molar refractivity (Wildman–Crippen MR) is 145 cm³/mol. The first-order valence-electron chi connectivity index (χ1n) is 13.9. The van der Waals surface area contributed by atoms with Crippen LogP contribution in [0.25, 0.3) is 22.1 Å². The van der Waals surface area contributed by atoms with Gasteiger partial charge in [-0.1, -0.05) is 0 Å². The molecule has 0 spiro atoms. The van der Waals surface area contributed by atoms with E-state index in [4.69, 9.17) is 0 Å². The zero-order valence-corrected chi connectivity index (χ0v) is 22.3. The highest BCUT2D eigenvalue weighted by Gasteiger charge is 2.43. The van der Waals surface area contributed by atoms with Crippen LogP contribution in [0.15, 0.2) is 36.8 Å². The Balaban J connectivity index is 1.01. The van der Waals surface area contributed by atoms with Gasteiger partial charge in [-0.25, -0.2) is 15.0 Å². The predicted octanol–water partition coefficient (Wildman–Crippen LogP) is 4.14. The van der Waals surface area contributed by atoms with E-state index in [0.29, 0.717) is 42.3 Å². The van der Waals surface area contributed by atoms with Crippen LogP contribution in [0.3, 0.4) is 0 Å². The molecule has 2 fully saturated rings. The van der Waals surface area contributed by atoms with Crippen molar-refractivity contribution < 1.29 is 23.4 Å². The van der Waals surface area contributed by atoms with Gasteiger partial charge in [-0.05, 0) is 70.0 Å². The monoisotopic (exact) mass is 557 g/mol. The molecule has 0 aliphatic heterocycles. The van der Waals surface area contributed by atoms with Crippen LogP contribution < -0.4 is 5.32 Å². The minimum atomic E-state index is -4.38. The average Bonchev–Trinajstić information content (AvgIpc) is 3.36. The third kappa shape index (κ3) is 5.52. The van der Waals surface area contributed by atoms with Gasteiger partial charge >= 0.3 is 6.18 Å². The Bertz CT molecular complexity index is 1480. The number of aliphatic hydroxyl groups excluding tert-OH is 2. The highest BCUT2D eigenvalue weighted by molar-refractivity contribution is 5.87. The summed E-state index contributed by atoms with van der Waals surface area (Å²) in [4.78, 5) is 18.5. The molecule has 9 nitrogen and oxygen atoms in total. The van der Waals surface area contributed by atoms with Crippen molar-refractivity contribution in [1.82, 2.24) is 29.4 Å². The molecular formula is C28H34F3N7O2. The highest BCUT2D eigenvalue weighted by Crippen LogP contribution is 2.38. The molecule has 2 saturated carbocycles. The number of benzene rings is 1. The van der Waals surface area contributed by atoms with E-state index in [1.54, 1.807) is 0 Å². The Kier molecular flexibility index (Phi) is 7.18.